The van der Waals surface area contributed by atoms with Crippen molar-refractivity contribution in [2.45, 2.75) is 25.0 Å². The molecule has 0 aliphatic carbocycles. The van der Waals surface area contributed by atoms with Crippen LogP contribution >= 0.6 is 12.4 Å². The highest BCUT2D eigenvalue weighted by Crippen LogP contribution is 2.21. The Balaban J connectivity index is 0.00000338. The summed E-state index contributed by atoms with van der Waals surface area (Å²) >= 11 is 0. The molecular formula is C17H23ClN2O5S. The van der Waals surface area contributed by atoms with Crippen LogP contribution in [0.4, 0.5) is 0 Å². The van der Waals surface area contributed by atoms with Gasteiger partial charge < -0.3 is 14.9 Å². The van der Waals surface area contributed by atoms with Crippen molar-refractivity contribution in [3.05, 3.63) is 53.8 Å². The van der Waals surface area contributed by atoms with Crippen LogP contribution in [0.1, 0.15) is 29.5 Å². The zero-order valence-electron chi connectivity index (χ0n) is 14.5. The number of hydrogen-bond donors (Lipinski definition) is 1. The zero-order chi connectivity index (χ0) is 18.3. The molecule has 1 heterocycles. The molecule has 7 nitrogen and oxygen atoms in total. The molecule has 1 aromatic heterocycles. The van der Waals surface area contributed by atoms with Crippen molar-refractivity contribution < 1.29 is 22.4 Å². The quantitative estimate of drug-likeness (QED) is 0.646. The lowest BCUT2D eigenvalue weighted by molar-refractivity contribution is 0.0483. The van der Waals surface area contributed by atoms with E-state index in [0.29, 0.717) is 13.0 Å². The first-order valence-electron chi connectivity index (χ1n) is 8.00. The molecule has 0 saturated heterocycles. The van der Waals surface area contributed by atoms with Gasteiger partial charge in [-0.2, -0.15) is 4.31 Å². The highest BCUT2D eigenvalue weighted by atomic mass is 35.5. The van der Waals surface area contributed by atoms with E-state index in [1.54, 1.807) is 6.92 Å². The third kappa shape index (κ3) is 5.57. The van der Waals surface area contributed by atoms with Crippen molar-refractivity contribution in [1.82, 2.24) is 4.31 Å². The van der Waals surface area contributed by atoms with E-state index in [2.05, 4.69) is 0 Å². The predicted molar refractivity (Wildman–Crippen MR) is 99.6 cm³/mol. The molecule has 144 valence electrons. The predicted octanol–water partition coefficient (Wildman–Crippen LogP) is 2.42. The number of carbonyl (C=O) groups is 1. The molecule has 0 radical (unpaired) electrons. The number of carbonyl (C=O) groups excluding carboxylic acids is 1. The number of nitrogens with two attached hydrogens (primary N) is 1. The Bertz CT molecular complexity index is 792. The number of rotatable bonds is 9. The number of ether oxygens (including phenoxy) is 1. The van der Waals surface area contributed by atoms with Gasteiger partial charge in [0.25, 0.3) is 10.0 Å². The molecule has 26 heavy (non-hydrogen) atoms. The number of esters is 1. The maximum atomic E-state index is 12.9. The molecule has 0 fully saturated rings. The summed E-state index contributed by atoms with van der Waals surface area (Å²) in [5.41, 5.74) is 6.37. The summed E-state index contributed by atoms with van der Waals surface area (Å²) < 4.78 is 37.1. The SMILES string of the molecule is CCOC(=O)c1ccc(S(=O)(=O)N(CCCN)Cc2ccccc2)o1.Cl. The summed E-state index contributed by atoms with van der Waals surface area (Å²) in [6.07, 6.45) is 0.511. The van der Waals surface area contributed by atoms with Crippen LogP contribution in [0.15, 0.2) is 52.0 Å². The number of halogens is 1. The van der Waals surface area contributed by atoms with Gasteiger partial charge >= 0.3 is 5.97 Å². The Morgan fingerprint density at radius 1 is 1.19 bits per heavy atom. The lowest BCUT2D eigenvalue weighted by atomic mass is 10.2. The first-order valence-corrected chi connectivity index (χ1v) is 9.44. The lowest BCUT2D eigenvalue weighted by Crippen LogP contribution is -2.32. The largest absolute Gasteiger partial charge is 0.460 e. The van der Waals surface area contributed by atoms with Crippen molar-refractivity contribution in [2.24, 2.45) is 5.73 Å². The van der Waals surface area contributed by atoms with Crippen LogP contribution in [-0.4, -0.2) is 38.4 Å². The minimum Gasteiger partial charge on any atom is -0.460 e. The van der Waals surface area contributed by atoms with Crippen molar-refractivity contribution in [2.75, 3.05) is 19.7 Å². The fourth-order valence-electron chi connectivity index (χ4n) is 2.24. The van der Waals surface area contributed by atoms with Crippen molar-refractivity contribution in [1.29, 1.82) is 0 Å². The van der Waals surface area contributed by atoms with Gasteiger partial charge in [0, 0.05) is 13.1 Å². The Morgan fingerprint density at radius 3 is 2.50 bits per heavy atom. The monoisotopic (exact) mass is 402 g/mol. The van der Waals surface area contributed by atoms with Crippen molar-refractivity contribution >= 4 is 28.4 Å². The van der Waals surface area contributed by atoms with Crippen LogP contribution in [0.5, 0.6) is 0 Å². The number of furan rings is 1. The van der Waals surface area contributed by atoms with E-state index in [0.717, 1.165) is 5.56 Å². The third-order valence-electron chi connectivity index (χ3n) is 3.47. The molecule has 9 heteroatoms. The molecule has 0 saturated carbocycles. The zero-order valence-corrected chi connectivity index (χ0v) is 16.1. The number of hydrogen-bond acceptors (Lipinski definition) is 6. The first kappa shape index (κ1) is 22.2. The second-order valence-electron chi connectivity index (χ2n) is 5.31. The minimum atomic E-state index is -3.90. The van der Waals surface area contributed by atoms with E-state index < -0.39 is 16.0 Å². The Morgan fingerprint density at radius 2 is 1.88 bits per heavy atom. The molecule has 2 rings (SSSR count). The molecule has 2 N–H and O–H groups in total. The van der Waals surface area contributed by atoms with Crippen LogP contribution in [0.2, 0.25) is 0 Å². The number of sulfonamides is 1. The molecule has 1 aromatic carbocycles. The molecule has 0 spiro atoms. The van der Waals surface area contributed by atoms with Crippen LogP contribution < -0.4 is 5.73 Å². The topological polar surface area (TPSA) is 103 Å². The van der Waals surface area contributed by atoms with E-state index in [1.807, 2.05) is 30.3 Å². The van der Waals surface area contributed by atoms with Crippen molar-refractivity contribution in [3.63, 3.8) is 0 Å². The number of benzene rings is 1. The highest BCUT2D eigenvalue weighted by molar-refractivity contribution is 7.89. The summed E-state index contributed by atoms with van der Waals surface area (Å²) in [5, 5.41) is -0.288. The average Bonchev–Trinajstić information content (AvgIpc) is 3.10. The number of nitrogens with zero attached hydrogens (tertiary/aromatic N) is 1. The Hall–Kier alpha value is -1.87. The van der Waals surface area contributed by atoms with Crippen LogP contribution in [0, 0.1) is 0 Å². The van der Waals surface area contributed by atoms with Gasteiger partial charge in [0.2, 0.25) is 10.9 Å². The molecule has 0 aliphatic rings. The summed E-state index contributed by atoms with van der Waals surface area (Å²) in [5.74, 6) is -0.834. The summed E-state index contributed by atoms with van der Waals surface area (Å²) in [4.78, 5) is 11.7. The summed E-state index contributed by atoms with van der Waals surface area (Å²) in [6, 6.07) is 11.8. The molecule has 2 aromatic rings. The van der Waals surface area contributed by atoms with E-state index in [-0.39, 0.29) is 43.0 Å². The van der Waals surface area contributed by atoms with Gasteiger partial charge in [-0.25, -0.2) is 13.2 Å². The van der Waals surface area contributed by atoms with Gasteiger partial charge in [-0.05, 0) is 37.6 Å². The molecule has 0 aliphatic heterocycles. The molecule has 0 atom stereocenters. The standard InChI is InChI=1S/C17H22N2O5S.ClH/c1-2-23-17(20)15-9-10-16(24-15)25(21,22)19(12-6-11-18)13-14-7-4-3-5-8-14;/h3-5,7-10H,2,6,11-13,18H2,1H3;1H. The fourth-order valence-corrected chi connectivity index (χ4v) is 3.61. The second-order valence-corrected chi connectivity index (χ2v) is 7.17. The van der Waals surface area contributed by atoms with Gasteiger partial charge in [-0.15, -0.1) is 12.4 Å². The van der Waals surface area contributed by atoms with E-state index in [4.69, 9.17) is 14.9 Å². The van der Waals surface area contributed by atoms with E-state index in [1.165, 1.54) is 16.4 Å². The molecule has 0 amide bonds. The third-order valence-corrected chi connectivity index (χ3v) is 5.18. The van der Waals surface area contributed by atoms with E-state index in [9.17, 15) is 13.2 Å². The van der Waals surface area contributed by atoms with Crippen molar-refractivity contribution in [3.8, 4) is 0 Å². The lowest BCUT2D eigenvalue weighted by Gasteiger charge is -2.20. The second kappa shape index (κ2) is 10.3. The van der Waals surface area contributed by atoms with Gasteiger partial charge in [-0.1, -0.05) is 30.3 Å². The van der Waals surface area contributed by atoms with Gasteiger partial charge in [0.1, 0.15) is 0 Å². The van der Waals surface area contributed by atoms with Gasteiger partial charge in [0.05, 0.1) is 6.61 Å². The maximum Gasteiger partial charge on any atom is 0.374 e. The summed E-state index contributed by atoms with van der Waals surface area (Å²) in [6.45, 7) is 2.65. The first-order chi connectivity index (χ1) is 12.0. The van der Waals surface area contributed by atoms with Crippen LogP contribution in [0.3, 0.4) is 0 Å². The molecular weight excluding hydrogens is 380 g/mol. The van der Waals surface area contributed by atoms with E-state index >= 15 is 0 Å². The average molecular weight is 403 g/mol. The molecule has 0 unspecified atom stereocenters. The normalized spacial score (nSPS) is 11.2. The Kier molecular flexibility index (Phi) is 8.80. The smallest absolute Gasteiger partial charge is 0.374 e. The van der Waals surface area contributed by atoms with Crippen LogP contribution in [-0.2, 0) is 21.3 Å². The van der Waals surface area contributed by atoms with Gasteiger partial charge in [0.15, 0.2) is 0 Å². The minimum absolute atomic E-state index is 0. The van der Waals surface area contributed by atoms with Gasteiger partial charge in [-0.3, -0.25) is 0 Å². The fraction of sp³-hybridized carbons (Fsp3) is 0.353. The molecule has 0 bridgehead atoms. The van der Waals surface area contributed by atoms with Crippen LogP contribution in [0.25, 0.3) is 0 Å². The summed E-state index contributed by atoms with van der Waals surface area (Å²) in [7, 11) is -3.90. The highest BCUT2D eigenvalue weighted by Gasteiger charge is 2.28. The Labute approximate surface area is 159 Å². The maximum absolute atomic E-state index is 12.9.